The zero-order chi connectivity index (χ0) is 8.43. The Morgan fingerprint density at radius 3 is 2.64 bits per heavy atom. The second kappa shape index (κ2) is 3.05. The summed E-state index contributed by atoms with van der Waals surface area (Å²) in [5.74, 6) is 0.000463. The molecule has 1 heterocycles. The van der Waals surface area contributed by atoms with E-state index in [0.717, 1.165) is 6.61 Å². The van der Waals surface area contributed by atoms with Crippen LogP contribution in [0, 0.1) is 0 Å². The molecular formula is C8H13NO2. The average molecular weight is 155 g/mol. The standard InChI is InChI=1S/C8H13NO2/c1-6(4-7-5-11-7)8(10)9(2)3/h7H,1,4-5H2,2-3H3. The van der Waals surface area contributed by atoms with E-state index in [1.165, 1.54) is 4.90 Å². The molecule has 0 bridgehead atoms. The number of epoxide rings is 1. The van der Waals surface area contributed by atoms with Crippen molar-refractivity contribution in [3.05, 3.63) is 12.2 Å². The van der Waals surface area contributed by atoms with Crippen molar-refractivity contribution in [3.8, 4) is 0 Å². The van der Waals surface area contributed by atoms with Gasteiger partial charge in [-0.25, -0.2) is 0 Å². The predicted octanol–water partition coefficient (Wildman–Crippen LogP) is 0.420. The van der Waals surface area contributed by atoms with Gasteiger partial charge in [0.15, 0.2) is 0 Å². The van der Waals surface area contributed by atoms with Gasteiger partial charge in [0.05, 0.1) is 12.7 Å². The zero-order valence-electron chi connectivity index (χ0n) is 6.96. The number of ether oxygens (including phenoxy) is 1. The van der Waals surface area contributed by atoms with Crippen LogP contribution < -0.4 is 0 Å². The number of nitrogens with zero attached hydrogens (tertiary/aromatic N) is 1. The molecule has 0 N–H and O–H groups in total. The second-order valence-electron chi connectivity index (χ2n) is 2.96. The summed E-state index contributed by atoms with van der Waals surface area (Å²) in [5, 5.41) is 0. The van der Waals surface area contributed by atoms with Crippen LogP contribution in [0.3, 0.4) is 0 Å². The van der Waals surface area contributed by atoms with Crippen molar-refractivity contribution in [3.63, 3.8) is 0 Å². The second-order valence-corrected chi connectivity index (χ2v) is 2.96. The Hall–Kier alpha value is -0.830. The average Bonchev–Trinajstić information content (AvgIpc) is 2.69. The Morgan fingerprint density at radius 2 is 2.27 bits per heavy atom. The highest BCUT2D eigenvalue weighted by molar-refractivity contribution is 5.92. The monoisotopic (exact) mass is 155 g/mol. The van der Waals surface area contributed by atoms with Crippen molar-refractivity contribution in [1.29, 1.82) is 0 Å². The number of likely N-dealkylation sites (N-methyl/N-ethyl adjacent to an activating group) is 1. The van der Waals surface area contributed by atoms with E-state index in [1.54, 1.807) is 14.1 Å². The molecule has 0 aromatic rings. The van der Waals surface area contributed by atoms with Gasteiger partial charge in [-0.05, 0) is 0 Å². The smallest absolute Gasteiger partial charge is 0.248 e. The molecule has 62 valence electrons. The highest BCUT2D eigenvalue weighted by atomic mass is 16.6. The van der Waals surface area contributed by atoms with Crippen molar-refractivity contribution in [2.45, 2.75) is 12.5 Å². The molecule has 0 aromatic carbocycles. The Balaban J connectivity index is 2.33. The van der Waals surface area contributed by atoms with Crippen molar-refractivity contribution in [2.75, 3.05) is 20.7 Å². The molecule has 3 heteroatoms. The number of hydrogen-bond acceptors (Lipinski definition) is 2. The van der Waals surface area contributed by atoms with E-state index < -0.39 is 0 Å². The number of carbonyl (C=O) groups is 1. The summed E-state index contributed by atoms with van der Waals surface area (Å²) in [5.41, 5.74) is 0.637. The van der Waals surface area contributed by atoms with Crippen LogP contribution in [0.25, 0.3) is 0 Å². The third-order valence-electron chi connectivity index (χ3n) is 1.59. The molecule has 3 nitrogen and oxygen atoms in total. The predicted molar refractivity (Wildman–Crippen MR) is 42.2 cm³/mol. The first-order chi connectivity index (χ1) is 5.11. The minimum Gasteiger partial charge on any atom is -0.373 e. The van der Waals surface area contributed by atoms with Crippen molar-refractivity contribution >= 4 is 5.91 Å². The van der Waals surface area contributed by atoms with E-state index in [1.807, 2.05) is 0 Å². The molecule has 1 atom stereocenters. The van der Waals surface area contributed by atoms with Crippen LogP contribution in [0.5, 0.6) is 0 Å². The van der Waals surface area contributed by atoms with Gasteiger partial charge in [-0.2, -0.15) is 0 Å². The maximum atomic E-state index is 11.2. The Bertz CT molecular complexity index is 183. The first-order valence-electron chi connectivity index (χ1n) is 3.62. The van der Waals surface area contributed by atoms with E-state index in [0.29, 0.717) is 12.0 Å². The molecule has 0 radical (unpaired) electrons. The van der Waals surface area contributed by atoms with Gasteiger partial charge in [-0.1, -0.05) is 6.58 Å². The first kappa shape index (κ1) is 8.27. The molecule has 1 aliphatic rings. The third-order valence-corrected chi connectivity index (χ3v) is 1.59. The normalized spacial score (nSPS) is 21.1. The molecule has 1 aliphatic heterocycles. The highest BCUT2D eigenvalue weighted by Gasteiger charge is 2.25. The fourth-order valence-electron chi connectivity index (χ4n) is 0.864. The summed E-state index contributed by atoms with van der Waals surface area (Å²) in [6.45, 7) is 4.46. The van der Waals surface area contributed by atoms with E-state index in [9.17, 15) is 4.79 Å². The van der Waals surface area contributed by atoms with Crippen LogP contribution in [0.2, 0.25) is 0 Å². The van der Waals surface area contributed by atoms with Crippen LogP contribution >= 0.6 is 0 Å². The van der Waals surface area contributed by atoms with Crippen LogP contribution in [0.4, 0.5) is 0 Å². The number of rotatable bonds is 3. The molecule has 11 heavy (non-hydrogen) atoms. The van der Waals surface area contributed by atoms with Gasteiger partial charge in [-0.15, -0.1) is 0 Å². The van der Waals surface area contributed by atoms with Crippen LogP contribution in [-0.2, 0) is 9.53 Å². The van der Waals surface area contributed by atoms with Gasteiger partial charge in [0.25, 0.3) is 0 Å². The van der Waals surface area contributed by atoms with Crippen LogP contribution in [0.1, 0.15) is 6.42 Å². The van der Waals surface area contributed by atoms with Gasteiger partial charge >= 0.3 is 0 Å². The summed E-state index contributed by atoms with van der Waals surface area (Å²) >= 11 is 0. The number of amides is 1. The topological polar surface area (TPSA) is 32.8 Å². The van der Waals surface area contributed by atoms with Crippen LogP contribution in [0.15, 0.2) is 12.2 Å². The molecule has 1 unspecified atom stereocenters. The highest BCUT2D eigenvalue weighted by Crippen LogP contribution is 2.18. The Labute approximate surface area is 66.6 Å². The molecule has 0 saturated carbocycles. The molecule has 1 fully saturated rings. The third kappa shape index (κ3) is 2.35. The van der Waals surface area contributed by atoms with Gasteiger partial charge in [-0.3, -0.25) is 4.79 Å². The summed E-state index contributed by atoms with van der Waals surface area (Å²) < 4.78 is 4.98. The van der Waals surface area contributed by atoms with Crippen molar-refractivity contribution in [2.24, 2.45) is 0 Å². The summed E-state index contributed by atoms with van der Waals surface area (Å²) in [7, 11) is 3.45. The first-order valence-corrected chi connectivity index (χ1v) is 3.62. The largest absolute Gasteiger partial charge is 0.373 e. The minimum atomic E-state index is 0.000463. The van der Waals surface area contributed by atoms with E-state index in [2.05, 4.69) is 6.58 Å². The lowest BCUT2D eigenvalue weighted by molar-refractivity contribution is -0.124. The van der Waals surface area contributed by atoms with E-state index in [4.69, 9.17) is 4.74 Å². The molecule has 0 aliphatic carbocycles. The van der Waals surface area contributed by atoms with E-state index in [-0.39, 0.29) is 12.0 Å². The van der Waals surface area contributed by atoms with Gasteiger partial charge in [0, 0.05) is 26.1 Å². The Kier molecular flexibility index (Phi) is 2.29. The number of hydrogen-bond donors (Lipinski definition) is 0. The zero-order valence-corrected chi connectivity index (χ0v) is 6.96. The number of carbonyl (C=O) groups excluding carboxylic acids is 1. The summed E-state index contributed by atoms with van der Waals surface area (Å²) in [6.07, 6.45) is 0.934. The summed E-state index contributed by atoms with van der Waals surface area (Å²) in [6, 6.07) is 0. The summed E-state index contributed by atoms with van der Waals surface area (Å²) in [4.78, 5) is 12.7. The van der Waals surface area contributed by atoms with Crippen molar-refractivity contribution < 1.29 is 9.53 Å². The SMILES string of the molecule is C=C(CC1CO1)C(=O)N(C)C. The molecule has 1 amide bonds. The maximum absolute atomic E-state index is 11.2. The Morgan fingerprint density at radius 1 is 1.73 bits per heavy atom. The van der Waals surface area contributed by atoms with Gasteiger partial charge in [0.2, 0.25) is 5.91 Å². The van der Waals surface area contributed by atoms with Gasteiger partial charge in [0.1, 0.15) is 0 Å². The molecule has 0 aromatic heterocycles. The lowest BCUT2D eigenvalue weighted by Crippen LogP contribution is -2.23. The van der Waals surface area contributed by atoms with Crippen LogP contribution in [-0.4, -0.2) is 37.6 Å². The van der Waals surface area contributed by atoms with E-state index >= 15 is 0 Å². The quantitative estimate of drug-likeness (QED) is 0.437. The minimum absolute atomic E-state index is 0.000463. The fourth-order valence-corrected chi connectivity index (χ4v) is 0.864. The lowest BCUT2D eigenvalue weighted by Gasteiger charge is -2.10. The molecule has 0 spiro atoms. The van der Waals surface area contributed by atoms with Gasteiger partial charge < -0.3 is 9.64 Å². The maximum Gasteiger partial charge on any atom is 0.248 e. The fraction of sp³-hybridized carbons (Fsp3) is 0.625. The van der Waals surface area contributed by atoms with Crippen molar-refractivity contribution in [1.82, 2.24) is 4.90 Å². The molecule has 1 rings (SSSR count). The lowest BCUT2D eigenvalue weighted by atomic mass is 10.1. The molecule has 1 saturated heterocycles. The molecular weight excluding hydrogens is 142 g/mol.